The van der Waals surface area contributed by atoms with Crippen molar-refractivity contribution in [3.05, 3.63) is 71.3 Å². The van der Waals surface area contributed by atoms with E-state index >= 15 is 0 Å². The van der Waals surface area contributed by atoms with Crippen LogP contribution >= 0.6 is 0 Å². The minimum absolute atomic E-state index is 0.959. The van der Waals surface area contributed by atoms with Gasteiger partial charge in [-0.05, 0) is 36.7 Å². The van der Waals surface area contributed by atoms with Crippen molar-refractivity contribution in [3.63, 3.8) is 0 Å². The molecule has 0 aliphatic rings. The van der Waals surface area contributed by atoms with Crippen molar-refractivity contribution in [1.82, 2.24) is 10.2 Å². The van der Waals surface area contributed by atoms with Crippen LogP contribution in [0.25, 0.3) is 0 Å². The summed E-state index contributed by atoms with van der Waals surface area (Å²) in [6.07, 6.45) is 1.11. The Morgan fingerprint density at radius 1 is 0.857 bits per heavy atom. The Hall–Kier alpha value is -1.64. The molecule has 2 heteroatoms. The molecule has 21 heavy (non-hydrogen) atoms. The Morgan fingerprint density at radius 2 is 1.52 bits per heavy atom. The van der Waals surface area contributed by atoms with E-state index in [-0.39, 0.29) is 0 Å². The first-order valence-corrected chi connectivity index (χ1v) is 7.79. The van der Waals surface area contributed by atoms with Crippen LogP contribution in [0.1, 0.15) is 23.6 Å². The van der Waals surface area contributed by atoms with Crippen LogP contribution in [0, 0.1) is 0 Å². The average molecular weight is 282 g/mol. The summed E-state index contributed by atoms with van der Waals surface area (Å²) >= 11 is 0. The molecule has 0 bridgehead atoms. The van der Waals surface area contributed by atoms with E-state index in [0.29, 0.717) is 0 Å². The molecule has 1 N–H and O–H groups in total. The van der Waals surface area contributed by atoms with Gasteiger partial charge in [-0.2, -0.15) is 0 Å². The molecule has 0 saturated heterocycles. The summed E-state index contributed by atoms with van der Waals surface area (Å²) in [5.41, 5.74) is 4.14. The zero-order valence-electron chi connectivity index (χ0n) is 13.2. The topological polar surface area (TPSA) is 15.3 Å². The number of nitrogens with zero attached hydrogens (tertiary/aromatic N) is 1. The lowest BCUT2D eigenvalue weighted by Gasteiger charge is -2.17. The third-order valence-electron chi connectivity index (χ3n) is 3.68. The summed E-state index contributed by atoms with van der Waals surface area (Å²) in [5.74, 6) is 0. The largest absolute Gasteiger partial charge is 0.313 e. The van der Waals surface area contributed by atoms with Crippen molar-refractivity contribution in [1.29, 1.82) is 0 Å². The summed E-state index contributed by atoms with van der Waals surface area (Å²) in [6.45, 7) is 6.21. The van der Waals surface area contributed by atoms with Crippen LogP contribution in [-0.2, 0) is 19.5 Å². The van der Waals surface area contributed by atoms with Crippen molar-refractivity contribution < 1.29 is 0 Å². The van der Waals surface area contributed by atoms with E-state index in [1.807, 2.05) is 0 Å². The molecule has 2 rings (SSSR count). The van der Waals surface area contributed by atoms with E-state index < -0.39 is 0 Å². The lowest BCUT2D eigenvalue weighted by atomic mass is 10.1. The van der Waals surface area contributed by atoms with Gasteiger partial charge in [0.2, 0.25) is 0 Å². The molecule has 2 aromatic carbocycles. The maximum absolute atomic E-state index is 3.35. The zero-order chi connectivity index (χ0) is 14.9. The van der Waals surface area contributed by atoms with Gasteiger partial charge in [-0.25, -0.2) is 0 Å². The highest BCUT2D eigenvalue weighted by molar-refractivity contribution is 5.22. The molecule has 0 heterocycles. The maximum atomic E-state index is 3.35. The first-order valence-electron chi connectivity index (χ1n) is 7.79. The predicted octanol–water partition coefficient (Wildman–Crippen LogP) is 3.47. The molecule has 112 valence electrons. The van der Waals surface area contributed by atoms with E-state index in [1.54, 1.807) is 0 Å². The van der Waals surface area contributed by atoms with Gasteiger partial charge in [0.15, 0.2) is 0 Å². The van der Waals surface area contributed by atoms with E-state index in [1.165, 1.54) is 16.7 Å². The van der Waals surface area contributed by atoms with E-state index in [4.69, 9.17) is 0 Å². The van der Waals surface area contributed by atoms with E-state index in [2.05, 4.69) is 78.8 Å². The molecular formula is C19H26N2. The van der Waals surface area contributed by atoms with Crippen LogP contribution < -0.4 is 5.32 Å². The summed E-state index contributed by atoms with van der Waals surface area (Å²) in [4.78, 5) is 2.38. The minimum Gasteiger partial charge on any atom is -0.313 e. The monoisotopic (exact) mass is 282 g/mol. The SMILES string of the molecule is CCNCc1ccc(CN(C)CCc2ccccc2)cc1. The molecule has 2 aromatic rings. The fourth-order valence-corrected chi connectivity index (χ4v) is 2.39. The van der Waals surface area contributed by atoms with Crippen LogP contribution in [0.5, 0.6) is 0 Å². The normalized spacial score (nSPS) is 11.0. The molecule has 0 aliphatic heterocycles. The van der Waals surface area contributed by atoms with Crippen molar-refractivity contribution in [2.75, 3.05) is 20.1 Å². The van der Waals surface area contributed by atoms with Gasteiger partial charge in [0.05, 0.1) is 0 Å². The van der Waals surface area contributed by atoms with E-state index in [0.717, 1.165) is 32.6 Å². The van der Waals surface area contributed by atoms with Crippen molar-refractivity contribution >= 4 is 0 Å². The first kappa shape index (κ1) is 15.7. The molecule has 0 aromatic heterocycles. The Kier molecular flexibility index (Phi) is 6.45. The van der Waals surface area contributed by atoms with Crippen molar-refractivity contribution in [2.45, 2.75) is 26.4 Å². The number of rotatable bonds is 8. The van der Waals surface area contributed by atoms with Crippen LogP contribution in [-0.4, -0.2) is 25.0 Å². The molecule has 2 nitrogen and oxygen atoms in total. The lowest BCUT2D eigenvalue weighted by molar-refractivity contribution is 0.331. The van der Waals surface area contributed by atoms with Crippen LogP contribution in [0.4, 0.5) is 0 Å². The second-order valence-electron chi connectivity index (χ2n) is 5.57. The maximum Gasteiger partial charge on any atom is 0.0230 e. The van der Waals surface area contributed by atoms with E-state index in [9.17, 15) is 0 Å². The third-order valence-corrected chi connectivity index (χ3v) is 3.68. The van der Waals surface area contributed by atoms with Gasteiger partial charge in [-0.1, -0.05) is 61.5 Å². The Balaban J connectivity index is 1.78. The van der Waals surface area contributed by atoms with Crippen LogP contribution in [0.3, 0.4) is 0 Å². The van der Waals surface area contributed by atoms with Gasteiger partial charge in [-0.15, -0.1) is 0 Å². The fraction of sp³-hybridized carbons (Fsp3) is 0.368. The summed E-state index contributed by atoms with van der Waals surface area (Å²) < 4.78 is 0. The van der Waals surface area contributed by atoms with Gasteiger partial charge in [0.25, 0.3) is 0 Å². The summed E-state index contributed by atoms with van der Waals surface area (Å²) in [7, 11) is 2.19. The summed E-state index contributed by atoms with van der Waals surface area (Å²) in [6, 6.07) is 19.6. The highest BCUT2D eigenvalue weighted by Crippen LogP contribution is 2.08. The quantitative estimate of drug-likeness (QED) is 0.797. The van der Waals surface area contributed by atoms with Crippen LogP contribution in [0.2, 0.25) is 0 Å². The highest BCUT2D eigenvalue weighted by Gasteiger charge is 2.01. The Morgan fingerprint density at radius 3 is 2.19 bits per heavy atom. The molecule has 0 aliphatic carbocycles. The second-order valence-corrected chi connectivity index (χ2v) is 5.57. The Labute approximate surface area is 128 Å². The lowest BCUT2D eigenvalue weighted by Crippen LogP contribution is -2.20. The molecule has 0 fully saturated rings. The van der Waals surface area contributed by atoms with Gasteiger partial charge in [0, 0.05) is 19.6 Å². The Bertz CT molecular complexity index is 505. The van der Waals surface area contributed by atoms with Gasteiger partial charge >= 0.3 is 0 Å². The van der Waals surface area contributed by atoms with Gasteiger partial charge in [0.1, 0.15) is 0 Å². The second kappa shape index (κ2) is 8.60. The molecule has 0 radical (unpaired) electrons. The highest BCUT2D eigenvalue weighted by atomic mass is 15.1. The van der Waals surface area contributed by atoms with Crippen LogP contribution in [0.15, 0.2) is 54.6 Å². The molecule has 0 spiro atoms. The number of hydrogen-bond donors (Lipinski definition) is 1. The number of benzene rings is 2. The van der Waals surface area contributed by atoms with Gasteiger partial charge < -0.3 is 10.2 Å². The number of nitrogens with one attached hydrogen (secondary N) is 1. The summed E-state index contributed by atoms with van der Waals surface area (Å²) in [5, 5.41) is 3.35. The number of hydrogen-bond acceptors (Lipinski definition) is 2. The smallest absolute Gasteiger partial charge is 0.0230 e. The van der Waals surface area contributed by atoms with Crippen molar-refractivity contribution in [2.24, 2.45) is 0 Å². The first-order chi connectivity index (χ1) is 10.3. The van der Waals surface area contributed by atoms with Crippen molar-refractivity contribution in [3.8, 4) is 0 Å². The molecule has 0 amide bonds. The minimum atomic E-state index is 0.959. The predicted molar refractivity (Wildman–Crippen MR) is 90.3 cm³/mol. The average Bonchev–Trinajstić information content (AvgIpc) is 2.53. The standard InChI is InChI=1S/C19H26N2/c1-3-20-15-18-9-11-19(12-10-18)16-21(2)14-13-17-7-5-4-6-8-17/h4-12,20H,3,13-16H2,1-2H3. The molecule has 0 atom stereocenters. The molecule has 0 saturated carbocycles. The molecular weight excluding hydrogens is 256 g/mol. The fourth-order valence-electron chi connectivity index (χ4n) is 2.39. The molecule has 0 unspecified atom stereocenters. The number of likely N-dealkylation sites (N-methyl/N-ethyl adjacent to an activating group) is 1. The third kappa shape index (κ3) is 5.70. The zero-order valence-corrected chi connectivity index (χ0v) is 13.2. The van der Waals surface area contributed by atoms with Gasteiger partial charge in [-0.3, -0.25) is 0 Å².